The fourth-order valence-electron chi connectivity index (χ4n) is 5.37. The average molecular weight is 629 g/mol. The molecular weight excluding hydrogens is 584 g/mol. The maximum absolute atomic E-state index is 13.8. The van der Waals surface area contributed by atoms with Gasteiger partial charge in [-0.1, -0.05) is 43.3 Å². The lowest BCUT2D eigenvalue weighted by Gasteiger charge is -2.30. The van der Waals surface area contributed by atoms with Crippen LogP contribution in [-0.4, -0.2) is 90.3 Å². The van der Waals surface area contributed by atoms with Crippen molar-refractivity contribution in [3.8, 4) is 10.4 Å². The zero-order valence-corrected chi connectivity index (χ0v) is 27.0. The second-order valence-corrected chi connectivity index (χ2v) is 12.2. The molecule has 0 saturated carbocycles. The predicted octanol–water partition coefficient (Wildman–Crippen LogP) is 4.04. The van der Waals surface area contributed by atoms with E-state index in [1.54, 1.807) is 24.3 Å². The minimum absolute atomic E-state index is 0.0659. The summed E-state index contributed by atoms with van der Waals surface area (Å²) in [7, 11) is 0. The summed E-state index contributed by atoms with van der Waals surface area (Å²) in [4.78, 5) is 34.5. The number of thiazole rings is 1. The van der Waals surface area contributed by atoms with Gasteiger partial charge in [0, 0.05) is 25.6 Å². The summed E-state index contributed by atoms with van der Waals surface area (Å²) in [6, 6.07) is 8.36. The lowest BCUT2D eigenvalue weighted by molar-refractivity contribution is -0.141. The van der Waals surface area contributed by atoms with Crippen LogP contribution in [0.5, 0.6) is 0 Å². The number of benzene rings is 1. The van der Waals surface area contributed by atoms with Crippen LogP contribution in [0.3, 0.4) is 0 Å². The van der Waals surface area contributed by atoms with Crippen LogP contribution in [-0.2, 0) is 23.8 Å². The Balaban J connectivity index is 1.48. The molecule has 11 nitrogen and oxygen atoms in total. The Morgan fingerprint density at radius 3 is 2.43 bits per heavy atom. The standard InChI is InChI=1S/C32H44N4O7S/c1-6-40-11-12-41-13-14-42-18-26(23-7-9-24(10-8-23)30-22(5)33-19-44-30)34-31(38)27-16-25(37)17-36(27)32(39)29(20(2)3)28-15-21(4)35-43-28/h7-10,15,19-20,25-27,29,37H,6,11-14,16-18H2,1-5H3,(H,34,38)/t25-,26+,27+,29?/m1/s1. The quantitative estimate of drug-likeness (QED) is 0.225. The molecule has 0 bridgehead atoms. The first-order valence-corrected chi connectivity index (χ1v) is 16.0. The molecule has 2 amide bonds. The van der Waals surface area contributed by atoms with E-state index >= 15 is 0 Å². The molecule has 240 valence electrons. The van der Waals surface area contributed by atoms with Crippen molar-refractivity contribution in [2.45, 2.75) is 65.1 Å². The molecule has 2 N–H and O–H groups in total. The number of aliphatic hydroxyl groups is 1. The molecule has 1 unspecified atom stereocenters. The molecule has 4 atom stereocenters. The van der Waals surface area contributed by atoms with Gasteiger partial charge in [-0.05, 0) is 37.8 Å². The van der Waals surface area contributed by atoms with E-state index in [1.807, 2.05) is 57.5 Å². The summed E-state index contributed by atoms with van der Waals surface area (Å²) in [5.74, 6) is -0.895. The topological polar surface area (TPSA) is 136 Å². The molecule has 1 saturated heterocycles. The highest BCUT2D eigenvalue weighted by atomic mass is 32.1. The van der Waals surface area contributed by atoms with Crippen LogP contribution in [0.25, 0.3) is 10.4 Å². The molecule has 1 aliphatic heterocycles. The Morgan fingerprint density at radius 2 is 1.82 bits per heavy atom. The molecule has 1 fully saturated rings. The van der Waals surface area contributed by atoms with Crippen molar-refractivity contribution >= 4 is 23.2 Å². The van der Waals surface area contributed by atoms with Crippen LogP contribution in [0.15, 0.2) is 40.4 Å². The summed E-state index contributed by atoms with van der Waals surface area (Å²) in [6.07, 6.45) is -0.674. The first kappa shape index (κ1) is 33.7. The van der Waals surface area contributed by atoms with E-state index in [9.17, 15) is 14.7 Å². The predicted molar refractivity (Wildman–Crippen MR) is 166 cm³/mol. The molecule has 3 aromatic rings. The van der Waals surface area contributed by atoms with Crippen LogP contribution >= 0.6 is 11.3 Å². The third kappa shape index (κ3) is 8.72. The van der Waals surface area contributed by atoms with Gasteiger partial charge in [-0.15, -0.1) is 11.3 Å². The minimum Gasteiger partial charge on any atom is -0.391 e. The van der Waals surface area contributed by atoms with Gasteiger partial charge in [0.05, 0.1) is 67.0 Å². The zero-order chi connectivity index (χ0) is 31.6. The van der Waals surface area contributed by atoms with Gasteiger partial charge in [-0.3, -0.25) is 9.59 Å². The largest absolute Gasteiger partial charge is 0.391 e. The second kappa shape index (κ2) is 16.2. The fourth-order valence-corrected chi connectivity index (χ4v) is 6.18. The minimum atomic E-state index is -0.841. The van der Waals surface area contributed by atoms with Crippen LogP contribution in [0, 0.1) is 19.8 Å². The Hall–Kier alpha value is -3.16. The molecule has 44 heavy (non-hydrogen) atoms. The van der Waals surface area contributed by atoms with Crippen molar-refractivity contribution in [3.63, 3.8) is 0 Å². The van der Waals surface area contributed by atoms with E-state index in [1.165, 1.54) is 4.90 Å². The number of aryl methyl sites for hydroxylation is 2. The molecule has 4 rings (SSSR count). The number of aliphatic hydroxyl groups excluding tert-OH is 1. The van der Waals surface area contributed by atoms with E-state index in [0.717, 1.165) is 21.7 Å². The first-order chi connectivity index (χ1) is 21.2. The molecule has 0 radical (unpaired) electrons. The molecule has 0 aliphatic carbocycles. The SMILES string of the molecule is CCOCCOCCOC[C@H](NC(=O)[C@@H]1C[C@@H](O)CN1C(=O)C(c1cc(C)no1)C(C)C)c1ccc(-c2scnc2C)cc1. The van der Waals surface area contributed by atoms with Gasteiger partial charge in [0.1, 0.15) is 17.7 Å². The number of amides is 2. The number of β-amino-alcohol motifs (C(OH)–C–C–N with tert-alkyl or cyclic N) is 1. The Morgan fingerprint density at radius 1 is 1.11 bits per heavy atom. The summed E-state index contributed by atoms with van der Waals surface area (Å²) >= 11 is 1.58. The lowest BCUT2D eigenvalue weighted by atomic mass is 9.91. The number of hydrogen-bond acceptors (Lipinski definition) is 10. The molecule has 12 heteroatoms. The van der Waals surface area contributed by atoms with Crippen LogP contribution in [0.2, 0.25) is 0 Å². The molecule has 3 heterocycles. The maximum atomic E-state index is 13.8. The monoisotopic (exact) mass is 628 g/mol. The number of likely N-dealkylation sites (tertiary alicyclic amines) is 1. The van der Waals surface area contributed by atoms with Gasteiger partial charge in [0.15, 0.2) is 0 Å². The van der Waals surface area contributed by atoms with E-state index < -0.39 is 24.1 Å². The summed E-state index contributed by atoms with van der Waals surface area (Å²) < 4.78 is 22.2. The Labute approximate surface area is 262 Å². The third-order valence-electron chi connectivity index (χ3n) is 7.62. The molecule has 1 aromatic carbocycles. The van der Waals surface area contributed by atoms with E-state index in [2.05, 4.69) is 15.5 Å². The maximum Gasteiger partial charge on any atom is 0.243 e. The molecular formula is C32H44N4O7S. The van der Waals surface area contributed by atoms with Crippen LogP contribution in [0.4, 0.5) is 0 Å². The number of nitrogens with one attached hydrogen (secondary N) is 1. The van der Waals surface area contributed by atoms with E-state index in [-0.39, 0.29) is 37.3 Å². The van der Waals surface area contributed by atoms with Gasteiger partial charge in [0.25, 0.3) is 0 Å². The normalized spacial score (nSPS) is 18.1. The molecule has 0 spiro atoms. The molecule has 1 aliphatic rings. The Bertz CT molecular complexity index is 1340. The summed E-state index contributed by atoms with van der Waals surface area (Å²) in [5.41, 5.74) is 5.36. The number of rotatable bonds is 16. The van der Waals surface area contributed by atoms with Crippen molar-refractivity contribution in [3.05, 3.63) is 58.6 Å². The number of nitrogens with zero attached hydrogens (tertiary/aromatic N) is 3. The zero-order valence-electron chi connectivity index (χ0n) is 26.2. The molecule has 2 aromatic heterocycles. The third-order valence-corrected chi connectivity index (χ3v) is 8.60. The van der Waals surface area contributed by atoms with Gasteiger partial charge in [0.2, 0.25) is 11.8 Å². The van der Waals surface area contributed by atoms with Gasteiger partial charge < -0.3 is 34.1 Å². The second-order valence-electron chi connectivity index (χ2n) is 11.3. The Kier molecular flexibility index (Phi) is 12.4. The van der Waals surface area contributed by atoms with Crippen molar-refractivity contribution < 1.29 is 33.4 Å². The number of ether oxygens (including phenoxy) is 3. The van der Waals surface area contributed by atoms with E-state index in [4.69, 9.17) is 18.7 Å². The number of hydrogen-bond donors (Lipinski definition) is 2. The van der Waals surface area contributed by atoms with Crippen molar-refractivity contribution in [2.75, 3.05) is 46.2 Å². The number of aromatic nitrogens is 2. The van der Waals surface area contributed by atoms with Crippen LogP contribution in [0.1, 0.15) is 61.9 Å². The number of carbonyl (C=O) groups excluding carboxylic acids is 2. The summed E-state index contributed by atoms with van der Waals surface area (Å²) in [5, 5.41) is 17.6. The lowest BCUT2D eigenvalue weighted by Crippen LogP contribution is -2.49. The average Bonchev–Trinajstić information content (AvgIpc) is 3.73. The highest BCUT2D eigenvalue weighted by Gasteiger charge is 2.43. The highest BCUT2D eigenvalue weighted by Crippen LogP contribution is 2.32. The fraction of sp³-hybridized carbons (Fsp3) is 0.562. The number of carbonyl (C=O) groups is 2. The van der Waals surface area contributed by atoms with Crippen molar-refractivity contribution in [1.82, 2.24) is 20.4 Å². The summed E-state index contributed by atoms with van der Waals surface area (Å²) in [6.45, 7) is 12.2. The van der Waals surface area contributed by atoms with Crippen LogP contribution < -0.4 is 5.32 Å². The van der Waals surface area contributed by atoms with Crippen molar-refractivity contribution in [2.24, 2.45) is 5.92 Å². The van der Waals surface area contributed by atoms with Gasteiger partial charge in [-0.2, -0.15) is 0 Å². The highest BCUT2D eigenvalue weighted by molar-refractivity contribution is 7.13. The van der Waals surface area contributed by atoms with E-state index in [0.29, 0.717) is 44.5 Å². The smallest absolute Gasteiger partial charge is 0.243 e. The van der Waals surface area contributed by atoms with Gasteiger partial charge >= 0.3 is 0 Å². The first-order valence-electron chi connectivity index (χ1n) is 15.1. The van der Waals surface area contributed by atoms with Gasteiger partial charge in [-0.25, -0.2) is 4.98 Å². The van der Waals surface area contributed by atoms with Crippen molar-refractivity contribution in [1.29, 1.82) is 0 Å².